The van der Waals surface area contributed by atoms with E-state index in [0.717, 1.165) is 12.8 Å². The van der Waals surface area contributed by atoms with Gasteiger partial charge in [-0.15, -0.1) is 0 Å². The van der Waals surface area contributed by atoms with Crippen molar-refractivity contribution in [3.63, 3.8) is 0 Å². The van der Waals surface area contributed by atoms with Crippen LogP contribution in [0.2, 0.25) is 0 Å². The normalized spacial score (nSPS) is 28.2. The zero-order valence-electron chi connectivity index (χ0n) is 10.2. The molecular weight excluding hydrogens is 193 g/mol. The van der Waals surface area contributed by atoms with Gasteiger partial charge < -0.3 is 4.74 Å². The zero-order chi connectivity index (χ0) is 11.3. The standard InChI is InChI=1S/C12H22FNO/c1-9(2)14-7-11(13,8-14)12(5-6-12)15-10(3)4/h9-10H,5-8H2,1-4H3. The molecule has 0 radical (unpaired) electrons. The summed E-state index contributed by atoms with van der Waals surface area (Å²) >= 11 is 0. The van der Waals surface area contributed by atoms with E-state index in [4.69, 9.17) is 4.74 Å². The van der Waals surface area contributed by atoms with Gasteiger partial charge in [-0.3, -0.25) is 4.90 Å². The molecule has 0 atom stereocenters. The highest BCUT2D eigenvalue weighted by molar-refractivity contribution is 5.19. The summed E-state index contributed by atoms with van der Waals surface area (Å²) in [5, 5.41) is 0. The number of alkyl halides is 1. The van der Waals surface area contributed by atoms with Crippen LogP contribution in [0.3, 0.4) is 0 Å². The monoisotopic (exact) mass is 215 g/mol. The van der Waals surface area contributed by atoms with Gasteiger partial charge in [0.25, 0.3) is 0 Å². The first-order chi connectivity index (χ1) is 6.89. The molecule has 1 saturated heterocycles. The molecule has 2 rings (SSSR count). The highest BCUT2D eigenvalue weighted by Crippen LogP contribution is 2.54. The second-order valence-electron chi connectivity index (χ2n) is 5.62. The van der Waals surface area contributed by atoms with E-state index in [9.17, 15) is 4.39 Å². The Labute approximate surface area is 91.8 Å². The van der Waals surface area contributed by atoms with Crippen LogP contribution in [0.1, 0.15) is 40.5 Å². The second kappa shape index (κ2) is 3.42. The van der Waals surface area contributed by atoms with Crippen LogP contribution in [0, 0.1) is 0 Å². The molecule has 1 aliphatic carbocycles. The summed E-state index contributed by atoms with van der Waals surface area (Å²) in [6.45, 7) is 9.31. The number of hydrogen-bond donors (Lipinski definition) is 0. The Morgan fingerprint density at radius 3 is 2.00 bits per heavy atom. The molecule has 0 N–H and O–H groups in total. The molecule has 0 unspecified atom stereocenters. The summed E-state index contributed by atoms with van der Waals surface area (Å²) in [5.41, 5.74) is -1.52. The van der Waals surface area contributed by atoms with Gasteiger partial charge in [0.2, 0.25) is 0 Å². The third-order valence-electron chi connectivity index (χ3n) is 3.62. The molecule has 88 valence electrons. The number of rotatable bonds is 4. The Morgan fingerprint density at radius 2 is 1.67 bits per heavy atom. The van der Waals surface area contributed by atoms with Crippen LogP contribution in [-0.4, -0.2) is 41.4 Å². The van der Waals surface area contributed by atoms with Crippen molar-refractivity contribution in [2.75, 3.05) is 13.1 Å². The minimum Gasteiger partial charge on any atom is -0.369 e. The fourth-order valence-corrected chi connectivity index (χ4v) is 2.49. The van der Waals surface area contributed by atoms with Gasteiger partial charge in [0.1, 0.15) is 5.60 Å². The Kier molecular flexibility index (Phi) is 2.59. The molecule has 2 nitrogen and oxygen atoms in total. The molecule has 1 heterocycles. The number of hydrogen-bond acceptors (Lipinski definition) is 2. The van der Waals surface area contributed by atoms with E-state index in [-0.39, 0.29) is 6.10 Å². The van der Waals surface area contributed by atoms with E-state index in [1.165, 1.54) is 0 Å². The zero-order valence-corrected chi connectivity index (χ0v) is 10.2. The topological polar surface area (TPSA) is 12.5 Å². The lowest BCUT2D eigenvalue weighted by molar-refractivity contribution is -0.173. The molecule has 2 fully saturated rings. The maximum absolute atomic E-state index is 14.6. The maximum Gasteiger partial charge on any atom is 0.164 e. The average Bonchev–Trinajstić information content (AvgIpc) is 2.78. The molecule has 3 heteroatoms. The first-order valence-corrected chi connectivity index (χ1v) is 5.99. The molecule has 0 spiro atoms. The smallest absolute Gasteiger partial charge is 0.164 e. The van der Waals surface area contributed by atoms with Crippen LogP contribution in [0.4, 0.5) is 4.39 Å². The first-order valence-electron chi connectivity index (χ1n) is 5.99. The summed E-state index contributed by atoms with van der Waals surface area (Å²) in [6.07, 6.45) is 1.93. The Hall–Kier alpha value is -0.150. The lowest BCUT2D eigenvalue weighted by atomic mass is 9.86. The van der Waals surface area contributed by atoms with Gasteiger partial charge in [0.05, 0.1) is 6.10 Å². The molecule has 0 aromatic heterocycles. The quantitative estimate of drug-likeness (QED) is 0.714. The van der Waals surface area contributed by atoms with Crippen LogP contribution in [-0.2, 0) is 4.74 Å². The number of nitrogens with zero attached hydrogens (tertiary/aromatic N) is 1. The maximum atomic E-state index is 14.6. The minimum absolute atomic E-state index is 0.133. The fourth-order valence-electron chi connectivity index (χ4n) is 2.49. The van der Waals surface area contributed by atoms with Crippen molar-refractivity contribution in [2.24, 2.45) is 0 Å². The van der Waals surface area contributed by atoms with Gasteiger partial charge in [0.15, 0.2) is 5.67 Å². The van der Waals surface area contributed by atoms with Crippen molar-refractivity contribution in [3.8, 4) is 0 Å². The van der Waals surface area contributed by atoms with Crippen molar-refractivity contribution in [1.29, 1.82) is 0 Å². The van der Waals surface area contributed by atoms with E-state index < -0.39 is 11.3 Å². The molecule has 1 aliphatic heterocycles. The van der Waals surface area contributed by atoms with Crippen LogP contribution in [0.15, 0.2) is 0 Å². The van der Waals surface area contributed by atoms with Crippen molar-refractivity contribution in [3.05, 3.63) is 0 Å². The molecule has 0 aromatic rings. The molecule has 0 aromatic carbocycles. The highest BCUT2D eigenvalue weighted by Gasteiger charge is 2.67. The lowest BCUT2D eigenvalue weighted by Crippen LogP contribution is -2.68. The van der Waals surface area contributed by atoms with Gasteiger partial charge >= 0.3 is 0 Å². The number of ether oxygens (including phenoxy) is 1. The summed E-state index contributed by atoms with van der Waals surface area (Å²) < 4.78 is 20.3. The van der Waals surface area contributed by atoms with Crippen LogP contribution in [0.25, 0.3) is 0 Å². The molecule has 1 saturated carbocycles. The van der Waals surface area contributed by atoms with E-state index in [1.54, 1.807) is 0 Å². The number of likely N-dealkylation sites (tertiary alicyclic amines) is 1. The summed E-state index contributed by atoms with van der Waals surface area (Å²) in [4.78, 5) is 2.17. The van der Waals surface area contributed by atoms with E-state index in [0.29, 0.717) is 19.1 Å². The van der Waals surface area contributed by atoms with E-state index >= 15 is 0 Å². The molecular formula is C12H22FNO. The largest absolute Gasteiger partial charge is 0.369 e. The van der Waals surface area contributed by atoms with Gasteiger partial charge in [0, 0.05) is 19.1 Å². The lowest BCUT2D eigenvalue weighted by Gasteiger charge is -2.51. The van der Waals surface area contributed by atoms with Crippen molar-refractivity contribution in [2.45, 2.75) is 64.0 Å². The average molecular weight is 215 g/mol. The second-order valence-corrected chi connectivity index (χ2v) is 5.62. The van der Waals surface area contributed by atoms with Crippen molar-refractivity contribution in [1.82, 2.24) is 4.90 Å². The molecule has 0 amide bonds. The van der Waals surface area contributed by atoms with Crippen LogP contribution < -0.4 is 0 Å². The number of halogens is 1. The molecule has 0 bridgehead atoms. The van der Waals surface area contributed by atoms with E-state index in [2.05, 4.69) is 18.7 Å². The van der Waals surface area contributed by atoms with Gasteiger partial charge in [-0.2, -0.15) is 0 Å². The predicted molar refractivity (Wildman–Crippen MR) is 58.7 cm³/mol. The Morgan fingerprint density at radius 1 is 1.13 bits per heavy atom. The Bertz CT molecular complexity index is 242. The van der Waals surface area contributed by atoms with Gasteiger partial charge in [-0.1, -0.05) is 0 Å². The third kappa shape index (κ3) is 1.80. The highest BCUT2D eigenvalue weighted by atomic mass is 19.1. The molecule has 15 heavy (non-hydrogen) atoms. The first kappa shape index (κ1) is 11.3. The third-order valence-corrected chi connectivity index (χ3v) is 3.62. The predicted octanol–water partition coefficient (Wildman–Crippen LogP) is 2.38. The van der Waals surface area contributed by atoms with E-state index in [1.807, 2.05) is 13.8 Å². The fraction of sp³-hybridized carbons (Fsp3) is 1.00. The summed E-state index contributed by atoms with van der Waals surface area (Å²) in [5.74, 6) is 0. The van der Waals surface area contributed by atoms with Gasteiger partial charge in [-0.25, -0.2) is 4.39 Å². The summed E-state index contributed by atoms with van der Waals surface area (Å²) in [7, 11) is 0. The van der Waals surface area contributed by atoms with Crippen LogP contribution >= 0.6 is 0 Å². The molecule has 2 aliphatic rings. The van der Waals surface area contributed by atoms with Gasteiger partial charge in [-0.05, 0) is 40.5 Å². The SMILES string of the molecule is CC(C)OC1(C2(F)CN(C(C)C)C2)CC1. The van der Waals surface area contributed by atoms with Crippen molar-refractivity contribution < 1.29 is 9.13 Å². The van der Waals surface area contributed by atoms with Crippen molar-refractivity contribution >= 4 is 0 Å². The summed E-state index contributed by atoms with van der Waals surface area (Å²) in [6, 6.07) is 0.448. The minimum atomic E-state index is -1.08. The Balaban J connectivity index is 1.95. The van der Waals surface area contributed by atoms with Crippen LogP contribution in [0.5, 0.6) is 0 Å².